The van der Waals surface area contributed by atoms with Gasteiger partial charge in [0.1, 0.15) is 40.6 Å². The maximum atomic E-state index is 11.1. The first-order valence-corrected chi connectivity index (χ1v) is 11.0. The van der Waals surface area contributed by atoms with Gasteiger partial charge in [0, 0.05) is 29.2 Å². The zero-order valence-corrected chi connectivity index (χ0v) is 18.0. The van der Waals surface area contributed by atoms with Crippen LogP contribution in [0.2, 0.25) is 0 Å². The molecular formula is C28H22O6. The van der Waals surface area contributed by atoms with Crippen LogP contribution in [0.3, 0.4) is 0 Å². The summed E-state index contributed by atoms with van der Waals surface area (Å²) >= 11 is 0. The first kappa shape index (κ1) is 20.3. The predicted molar refractivity (Wildman–Crippen MR) is 125 cm³/mol. The third-order valence-electron chi connectivity index (χ3n) is 6.88. The van der Waals surface area contributed by atoms with Crippen molar-refractivity contribution in [1.82, 2.24) is 0 Å². The second-order valence-corrected chi connectivity index (χ2v) is 8.94. The number of phenols is 5. The summed E-state index contributed by atoms with van der Waals surface area (Å²) in [6, 6.07) is 19.9. The highest BCUT2D eigenvalue weighted by atomic mass is 16.5. The minimum Gasteiger partial charge on any atom is -0.508 e. The van der Waals surface area contributed by atoms with Crippen molar-refractivity contribution >= 4 is 0 Å². The van der Waals surface area contributed by atoms with Gasteiger partial charge >= 0.3 is 0 Å². The zero-order valence-electron chi connectivity index (χ0n) is 18.0. The Kier molecular flexibility index (Phi) is 4.39. The van der Waals surface area contributed by atoms with Gasteiger partial charge in [0.05, 0.1) is 5.92 Å². The molecule has 170 valence electrons. The van der Waals surface area contributed by atoms with E-state index in [1.807, 2.05) is 12.1 Å². The number of aromatic hydroxyl groups is 5. The Balaban J connectivity index is 1.64. The average Bonchev–Trinajstić information content (AvgIpc) is 3.10. The van der Waals surface area contributed by atoms with E-state index in [4.69, 9.17) is 4.74 Å². The van der Waals surface area contributed by atoms with Gasteiger partial charge in [-0.3, -0.25) is 0 Å². The van der Waals surface area contributed by atoms with Crippen molar-refractivity contribution in [3.8, 4) is 34.5 Å². The molecule has 2 aliphatic rings. The fourth-order valence-corrected chi connectivity index (χ4v) is 5.48. The molecule has 0 aromatic heterocycles. The van der Waals surface area contributed by atoms with Gasteiger partial charge in [-0.2, -0.15) is 0 Å². The van der Waals surface area contributed by atoms with Gasteiger partial charge in [0.15, 0.2) is 0 Å². The largest absolute Gasteiger partial charge is 0.508 e. The summed E-state index contributed by atoms with van der Waals surface area (Å²) in [5.74, 6) is 0.205. The molecule has 0 amide bonds. The SMILES string of the molecule is Oc1ccc(C2Cc3cc(O)cc4c3C(c3cc(O)cc(O)c32)[C@H](c2ccc(O)cc2)O4)cc1. The lowest BCUT2D eigenvalue weighted by Crippen LogP contribution is -2.13. The molecule has 1 aliphatic heterocycles. The zero-order chi connectivity index (χ0) is 23.6. The average molecular weight is 454 g/mol. The van der Waals surface area contributed by atoms with Gasteiger partial charge in [0.25, 0.3) is 0 Å². The van der Waals surface area contributed by atoms with Crippen molar-refractivity contribution in [2.45, 2.75) is 24.4 Å². The molecule has 6 heteroatoms. The lowest BCUT2D eigenvalue weighted by Gasteiger charge is -2.25. The second kappa shape index (κ2) is 7.35. The highest BCUT2D eigenvalue weighted by Crippen LogP contribution is 2.58. The van der Waals surface area contributed by atoms with Crippen molar-refractivity contribution < 1.29 is 30.3 Å². The topological polar surface area (TPSA) is 110 Å². The Hall–Kier alpha value is -4.32. The summed E-state index contributed by atoms with van der Waals surface area (Å²) in [5.41, 5.74) is 4.90. The van der Waals surface area contributed by atoms with Crippen LogP contribution in [0.1, 0.15) is 51.3 Å². The van der Waals surface area contributed by atoms with E-state index >= 15 is 0 Å². The van der Waals surface area contributed by atoms with Gasteiger partial charge < -0.3 is 30.3 Å². The van der Waals surface area contributed by atoms with E-state index in [0.29, 0.717) is 17.7 Å². The highest BCUT2D eigenvalue weighted by molar-refractivity contribution is 5.64. The van der Waals surface area contributed by atoms with Crippen LogP contribution in [0.25, 0.3) is 0 Å². The van der Waals surface area contributed by atoms with Crippen LogP contribution >= 0.6 is 0 Å². The number of rotatable bonds is 2. The van der Waals surface area contributed by atoms with E-state index in [1.165, 1.54) is 6.07 Å². The molecule has 6 rings (SSSR count). The van der Waals surface area contributed by atoms with Gasteiger partial charge in [-0.1, -0.05) is 24.3 Å². The summed E-state index contributed by atoms with van der Waals surface area (Å²) in [6.45, 7) is 0. The summed E-state index contributed by atoms with van der Waals surface area (Å²) < 4.78 is 6.35. The Labute approximate surface area is 195 Å². The Bertz CT molecular complexity index is 1410. The lowest BCUT2D eigenvalue weighted by molar-refractivity contribution is 0.221. The third kappa shape index (κ3) is 3.10. The molecule has 5 N–H and O–H groups in total. The van der Waals surface area contributed by atoms with Crippen LogP contribution in [0, 0.1) is 0 Å². The van der Waals surface area contributed by atoms with E-state index in [1.54, 1.807) is 54.6 Å². The number of benzene rings is 4. The highest BCUT2D eigenvalue weighted by Gasteiger charge is 2.44. The van der Waals surface area contributed by atoms with Gasteiger partial charge in [-0.05, 0) is 65.1 Å². The number of phenolic OH excluding ortho intramolecular Hbond substituents is 5. The van der Waals surface area contributed by atoms with Crippen molar-refractivity contribution in [3.05, 3.63) is 106 Å². The van der Waals surface area contributed by atoms with Crippen LogP contribution in [-0.2, 0) is 6.42 Å². The van der Waals surface area contributed by atoms with Crippen LogP contribution in [-0.4, -0.2) is 25.5 Å². The monoisotopic (exact) mass is 454 g/mol. The molecular weight excluding hydrogens is 432 g/mol. The molecule has 34 heavy (non-hydrogen) atoms. The van der Waals surface area contributed by atoms with E-state index in [2.05, 4.69) is 0 Å². The summed E-state index contributed by atoms with van der Waals surface area (Å²) in [6.07, 6.45) is -0.00990. The molecule has 0 fully saturated rings. The molecule has 1 heterocycles. The minimum atomic E-state index is -0.491. The number of hydrogen-bond donors (Lipinski definition) is 5. The Morgan fingerprint density at radius 2 is 1.24 bits per heavy atom. The normalized spacial score (nSPS) is 20.2. The van der Waals surface area contributed by atoms with Gasteiger partial charge in [-0.25, -0.2) is 0 Å². The van der Waals surface area contributed by atoms with Crippen LogP contribution in [0.15, 0.2) is 72.8 Å². The standard InChI is InChI=1S/C28H22O6/c29-17-5-1-14(2-6-17)21-10-16-9-19(31)13-24-25(16)27(22-11-20(32)12-23(33)26(21)22)28(34-24)15-3-7-18(30)8-4-15/h1-9,11-13,21,27-33H,10H2/t21?,27?,28-/m0/s1. The van der Waals surface area contributed by atoms with Crippen LogP contribution in [0.4, 0.5) is 0 Å². The molecule has 0 radical (unpaired) electrons. The number of ether oxygens (including phenoxy) is 1. The van der Waals surface area contributed by atoms with Gasteiger partial charge in [-0.15, -0.1) is 0 Å². The molecule has 3 atom stereocenters. The molecule has 6 nitrogen and oxygen atoms in total. The fraction of sp³-hybridized carbons (Fsp3) is 0.143. The molecule has 1 aliphatic carbocycles. The fourth-order valence-electron chi connectivity index (χ4n) is 5.48. The number of fused-ring (bicyclic) bond motifs is 2. The molecule has 0 saturated carbocycles. The Morgan fingerprint density at radius 1 is 0.618 bits per heavy atom. The van der Waals surface area contributed by atoms with Crippen molar-refractivity contribution in [1.29, 1.82) is 0 Å². The van der Waals surface area contributed by atoms with Crippen molar-refractivity contribution in [3.63, 3.8) is 0 Å². The van der Waals surface area contributed by atoms with E-state index < -0.39 is 6.10 Å². The van der Waals surface area contributed by atoms with Crippen LogP contribution < -0.4 is 4.74 Å². The van der Waals surface area contributed by atoms with Gasteiger partial charge in [0.2, 0.25) is 0 Å². The maximum absolute atomic E-state index is 11.1. The smallest absolute Gasteiger partial charge is 0.135 e. The quantitative estimate of drug-likeness (QED) is 0.286. The molecule has 0 saturated heterocycles. The minimum absolute atomic E-state index is 0.0250. The maximum Gasteiger partial charge on any atom is 0.135 e. The summed E-state index contributed by atoms with van der Waals surface area (Å²) in [5, 5.41) is 51.6. The molecule has 0 spiro atoms. The van der Waals surface area contributed by atoms with E-state index in [9.17, 15) is 25.5 Å². The van der Waals surface area contributed by atoms with Crippen molar-refractivity contribution in [2.24, 2.45) is 0 Å². The molecule has 2 unspecified atom stereocenters. The second-order valence-electron chi connectivity index (χ2n) is 8.94. The third-order valence-corrected chi connectivity index (χ3v) is 6.88. The van der Waals surface area contributed by atoms with E-state index in [0.717, 1.165) is 27.8 Å². The van der Waals surface area contributed by atoms with Crippen LogP contribution in [0.5, 0.6) is 34.5 Å². The van der Waals surface area contributed by atoms with Crippen molar-refractivity contribution in [2.75, 3.05) is 0 Å². The lowest BCUT2D eigenvalue weighted by atomic mass is 9.80. The Morgan fingerprint density at radius 3 is 1.91 bits per heavy atom. The number of hydrogen-bond acceptors (Lipinski definition) is 6. The van der Waals surface area contributed by atoms with E-state index in [-0.39, 0.29) is 40.6 Å². The predicted octanol–water partition coefficient (Wildman–Crippen LogP) is 5.17. The molecule has 0 bridgehead atoms. The first-order chi connectivity index (χ1) is 16.4. The summed E-state index contributed by atoms with van der Waals surface area (Å²) in [4.78, 5) is 0. The molecule has 4 aromatic rings. The first-order valence-electron chi connectivity index (χ1n) is 11.0. The molecule has 4 aromatic carbocycles. The summed E-state index contributed by atoms with van der Waals surface area (Å²) in [7, 11) is 0.